The Morgan fingerprint density at radius 1 is 1.12 bits per heavy atom. The van der Waals surface area contributed by atoms with Gasteiger partial charge in [0.1, 0.15) is 11.5 Å². The van der Waals surface area contributed by atoms with Gasteiger partial charge in [-0.1, -0.05) is 0 Å². The molecule has 0 aliphatic carbocycles. The number of carbonyl (C=O) groups is 1. The van der Waals surface area contributed by atoms with Gasteiger partial charge in [0.2, 0.25) is 0 Å². The van der Waals surface area contributed by atoms with Crippen molar-refractivity contribution in [1.29, 1.82) is 0 Å². The van der Waals surface area contributed by atoms with E-state index in [0.717, 1.165) is 0 Å². The minimum absolute atomic E-state index is 0.00604. The molecule has 2 aromatic rings. The fourth-order valence-electron chi connectivity index (χ4n) is 1.89. The molecule has 0 fully saturated rings. The number of carbonyl (C=O) groups excluding carboxylic acids is 1. The third-order valence-electron chi connectivity index (χ3n) is 3.27. The van der Waals surface area contributed by atoms with Crippen LogP contribution >= 0.6 is 0 Å². The summed E-state index contributed by atoms with van der Waals surface area (Å²) in [6, 6.07) is 12.7. The number of hydrogen-bond acceptors (Lipinski definition) is 6. The standard InChI is InChI=1S/C17H17N3O5/c1-12(13-3-5-14(6-4-13)20(22)23)18-19-17(21)11-25-16-9-7-15(24-2)8-10-16/h3-10H,11H2,1-2H3,(H,19,21)/b18-12-. The van der Waals surface area contributed by atoms with Crippen molar-refractivity contribution >= 4 is 17.3 Å². The van der Waals surface area contributed by atoms with Gasteiger partial charge in [0, 0.05) is 12.1 Å². The number of nitrogens with zero attached hydrogens (tertiary/aromatic N) is 2. The molecule has 0 bridgehead atoms. The number of non-ortho nitro benzene ring substituents is 1. The summed E-state index contributed by atoms with van der Waals surface area (Å²) >= 11 is 0. The molecule has 0 saturated heterocycles. The minimum atomic E-state index is -0.478. The van der Waals surface area contributed by atoms with Crippen LogP contribution in [-0.4, -0.2) is 30.3 Å². The van der Waals surface area contributed by atoms with E-state index in [1.165, 1.54) is 12.1 Å². The van der Waals surface area contributed by atoms with Crippen molar-refractivity contribution in [2.45, 2.75) is 6.92 Å². The van der Waals surface area contributed by atoms with Gasteiger partial charge >= 0.3 is 0 Å². The van der Waals surface area contributed by atoms with Gasteiger partial charge in [0.25, 0.3) is 11.6 Å². The average molecular weight is 343 g/mol. The van der Waals surface area contributed by atoms with Gasteiger partial charge in [0.15, 0.2) is 6.61 Å². The second kappa shape index (κ2) is 8.44. The van der Waals surface area contributed by atoms with E-state index in [0.29, 0.717) is 22.8 Å². The van der Waals surface area contributed by atoms with E-state index in [1.807, 2.05) is 0 Å². The van der Waals surface area contributed by atoms with E-state index >= 15 is 0 Å². The number of nitro groups is 1. The minimum Gasteiger partial charge on any atom is -0.497 e. The predicted molar refractivity (Wildman–Crippen MR) is 91.9 cm³/mol. The Kier molecular flexibility index (Phi) is 6.05. The van der Waals surface area contributed by atoms with Crippen LogP contribution in [0.1, 0.15) is 12.5 Å². The summed E-state index contributed by atoms with van der Waals surface area (Å²) in [6.07, 6.45) is 0. The molecular weight excluding hydrogens is 326 g/mol. The molecule has 0 atom stereocenters. The van der Waals surface area contributed by atoms with Gasteiger partial charge in [-0.25, -0.2) is 5.43 Å². The SMILES string of the molecule is COc1ccc(OCC(=O)N/N=C(/C)c2ccc([N+](=O)[O-])cc2)cc1. The normalized spacial score (nSPS) is 10.9. The zero-order valence-corrected chi connectivity index (χ0v) is 13.8. The van der Waals surface area contributed by atoms with Crippen molar-refractivity contribution < 1.29 is 19.2 Å². The first-order chi connectivity index (χ1) is 12.0. The number of ether oxygens (including phenoxy) is 2. The molecule has 1 amide bonds. The van der Waals surface area contributed by atoms with Crippen LogP contribution in [0.25, 0.3) is 0 Å². The quantitative estimate of drug-likeness (QED) is 0.473. The number of benzene rings is 2. The highest BCUT2D eigenvalue weighted by molar-refractivity contribution is 5.99. The van der Waals surface area contributed by atoms with E-state index < -0.39 is 10.8 Å². The third kappa shape index (κ3) is 5.31. The van der Waals surface area contributed by atoms with E-state index in [9.17, 15) is 14.9 Å². The fourth-order valence-corrected chi connectivity index (χ4v) is 1.89. The number of nitrogens with one attached hydrogen (secondary N) is 1. The van der Waals surface area contributed by atoms with Crippen LogP contribution in [0.3, 0.4) is 0 Å². The van der Waals surface area contributed by atoms with Gasteiger partial charge in [0.05, 0.1) is 17.7 Å². The molecule has 2 aromatic carbocycles. The molecule has 8 heteroatoms. The predicted octanol–water partition coefficient (Wildman–Crippen LogP) is 2.52. The van der Waals surface area contributed by atoms with Crippen molar-refractivity contribution in [2.24, 2.45) is 5.10 Å². The summed E-state index contributed by atoms with van der Waals surface area (Å²) in [6.45, 7) is 1.50. The summed E-state index contributed by atoms with van der Waals surface area (Å²) in [5, 5.41) is 14.6. The number of hydrogen-bond donors (Lipinski definition) is 1. The molecule has 130 valence electrons. The Morgan fingerprint density at radius 2 is 1.72 bits per heavy atom. The van der Waals surface area contributed by atoms with Crippen molar-refractivity contribution in [3.8, 4) is 11.5 Å². The lowest BCUT2D eigenvalue weighted by Gasteiger charge is -2.06. The number of amides is 1. The molecule has 0 spiro atoms. The third-order valence-corrected chi connectivity index (χ3v) is 3.27. The summed E-state index contributed by atoms with van der Waals surface area (Å²) in [7, 11) is 1.56. The maximum Gasteiger partial charge on any atom is 0.277 e. The molecule has 1 N–H and O–H groups in total. The Bertz CT molecular complexity index is 770. The van der Waals surface area contributed by atoms with Crippen molar-refractivity contribution in [1.82, 2.24) is 5.43 Å². The Morgan fingerprint density at radius 3 is 2.28 bits per heavy atom. The second-order valence-electron chi connectivity index (χ2n) is 5.00. The summed E-state index contributed by atoms with van der Waals surface area (Å²) in [5.74, 6) is 0.809. The number of nitro benzene ring substituents is 1. The molecule has 0 heterocycles. The molecule has 0 unspecified atom stereocenters. The lowest BCUT2D eigenvalue weighted by molar-refractivity contribution is -0.384. The first-order valence-corrected chi connectivity index (χ1v) is 7.34. The highest BCUT2D eigenvalue weighted by atomic mass is 16.6. The Labute approximate surface area is 144 Å². The Balaban J connectivity index is 1.86. The van der Waals surface area contributed by atoms with E-state index in [2.05, 4.69) is 10.5 Å². The molecule has 2 rings (SSSR count). The van der Waals surface area contributed by atoms with Crippen LogP contribution in [0.2, 0.25) is 0 Å². The smallest absolute Gasteiger partial charge is 0.277 e. The van der Waals surface area contributed by atoms with E-state index in [4.69, 9.17) is 9.47 Å². The van der Waals surface area contributed by atoms with Crippen LogP contribution in [-0.2, 0) is 4.79 Å². The average Bonchev–Trinajstić information content (AvgIpc) is 2.64. The lowest BCUT2D eigenvalue weighted by atomic mass is 10.1. The summed E-state index contributed by atoms with van der Waals surface area (Å²) < 4.78 is 10.4. The number of rotatable bonds is 7. The first kappa shape index (κ1) is 17.9. The molecule has 0 aliphatic rings. The summed E-state index contributed by atoms with van der Waals surface area (Å²) in [4.78, 5) is 21.9. The van der Waals surface area contributed by atoms with Gasteiger partial charge < -0.3 is 9.47 Å². The van der Waals surface area contributed by atoms with Crippen molar-refractivity contribution in [3.63, 3.8) is 0 Å². The maximum atomic E-state index is 11.8. The number of methoxy groups -OCH3 is 1. The molecule has 0 saturated carbocycles. The lowest BCUT2D eigenvalue weighted by Crippen LogP contribution is -2.25. The largest absolute Gasteiger partial charge is 0.497 e. The van der Waals surface area contributed by atoms with E-state index in [1.54, 1.807) is 50.4 Å². The van der Waals surface area contributed by atoms with Crippen LogP contribution in [0.5, 0.6) is 11.5 Å². The van der Waals surface area contributed by atoms with Gasteiger partial charge in [-0.05, 0) is 48.9 Å². The van der Waals surface area contributed by atoms with Gasteiger partial charge in [-0.2, -0.15) is 5.10 Å². The second-order valence-corrected chi connectivity index (χ2v) is 5.00. The highest BCUT2D eigenvalue weighted by Crippen LogP contribution is 2.16. The van der Waals surface area contributed by atoms with Gasteiger partial charge in [-0.15, -0.1) is 0 Å². The van der Waals surface area contributed by atoms with Crippen LogP contribution in [0.4, 0.5) is 5.69 Å². The summed E-state index contributed by atoms with van der Waals surface area (Å²) in [5.41, 5.74) is 3.56. The van der Waals surface area contributed by atoms with Crippen LogP contribution in [0, 0.1) is 10.1 Å². The first-order valence-electron chi connectivity index (χ1n) is 7.34. The highest BCUT2D eigenvalue weighted by Gasteiger charge is 2.06. The van der Waals surface area contributed by atoms with Crippen LogP contribution in [0.15, 0.2) is 53.6 Å². The molecule has 8 nitrogen and oxygen atoms in total. The monoisotopic (exact) mass is 343 g/mol. The molecular formula is C17H17N3O5. The maximum absolute atomic E-state index is 11.8. The molecule has 0 aliphatic heterocycles. The Hall–Kier alpha value is -3.42. The van der Waals surface area contributed by atoms with Crippen molar-refractivity contribution in [2.75, 3.05) is 13.7 Å². The van der Waals surface area contributed by atoms with Gasteiger partial charge in [-0.3, -0.25) is 14.9 Å². The van der Waals surface area contributed by atoms with Crippen LogP contribution < -0.4 is 14.9 Å². The zero-order chi connectivity index (χ0) is 18.2. The van der Waals surface area contributed by atoms with Crippen molar-refractivity contribution in [3.05, 3.63) is 64.2 Å². The molecule has 25 heavy (non-hydrogen) atoms. The topological polar surface area (TPSA) is 103 Å². The zero-order valence-electron chi connectivity index (χ0n) is 13.8. The van der Waals surface area contributed by atoms with E-state index in [-0.39, 0.29) is 12.3 Å². The fraction of sp³-hybridized carbons (Fsp3) is 0.176. The molecule has 0 radical (unpaired) electrons. The molecule has 0 aromatic heterocycles. The number of hydrazone groups is 1.